The largest absolute Gasteiger partial charge is 0.339 e. The fraction of sp³-hybridized carbons (Fsp3) is 0.320. The van der Waals surface area contributed by atoms with Crippen molar-refractivity contribution in [3.63, 3.8) is 0 Å². The number of hydrogen-bond acceptors (Lipinski definition) is 5. The molecule has 0 atom stereocenters. The Kier molecular flexibility index (Phi) is 5.97. The lowest BCUT2D eigenvalue weighted by Gasteiger charge is -2.30. The molecule has 0 spiro atoms. The average molecular weight is 443 g/mol. The molecule has 2 heterocycles. The van der Waals surface area contributed by atoms with Crippen molar-refractivity contribution in [1.29, 1.82) is 0 Å². The van der Waals surface area contributed by atoms with Gasteiger partial charge in [0.2, 0.25) is 11.8 Å². The Hall–Kier alpha value is -3.81. The van der Waals surface area contributed by atoms with Crippen molar-refractivity contribution in [1.82, 2.24) is 25.1 Å². The highest BCUT2D eigenvalue weighted by atomic mass is 16.2. The Morgan fingerprint density at radius 3 is 2.52 bits per heavy atom. The summed E-state index contributed by atoms with van der Waals surface area (Å²) >= 11 is 0. The minimum absolute atomic E-state index is 0.0131. The topological polar surface area (TPSA) is 93.0 Å². The Balaban J connectivity index is 1.16. The monoisotopic (exact) mass is 442 g/mol. The first kappa shape index (κ1) is 21.1. The quantitative estimate of drug-likeness (QED) is 0.589. The number of nitrogens with one attached hydrogen (secondary N) is 1. The predicted octanol–water partition coefficient (Wildman–Crippen LogP) is 3.57. The van der Waals surface area contributed by atoms with Crippen molar-refractivity contribution in [2.24, 2.45) is 5.92 Å². The van der Waals surface area contributed by atoms with Gasteiger partial charge in [0.1, 0.15) is 0 Å². The van der Waals surface area contributed by atoms with Crippen molar-refractivity contribution in [2.45, 2.75) is 31.7 Å². The zero-order chi connectivity index (χ0) is 22.6. The lowest BCUT2D eigenvalue weighted by Crippen LogP contribution is -2.40. The summed E-state index contributed by atoms with van der Waals surface area (Å²) in [6.07, 6.45) is 6.92. The summed E-state index contributed by atoms with van der Waals surface area (Å²) in [7, 11) is 0. The molecule has 2 fully saturated rings. The number of rotatable bonds is 6. The highest BCUT2D eigenvalue weighted by molar-refractivity contribution is 5.94. The zero-order valence-electron chi connectivity index (χ0n) is 18.3. The zero-order valence-corrected chi connectivity index (χ0v) is 18.3. The van der Waals surface area contributed by atoms with Gasteiger partial charge in [-0.05, 0) is 59.9 Å². The second-order valence-corrected chi connectivity index (χ2v) is 8.59. The van der Waals surface area contributed by atoms with E-state index in [-0.39, 0.29) is 17.7 Å². The molecule has 0 bridgehead atoms. The molecule has 1 saturated heterocycles. The van der Waals surface area contributed by atoms with E-state index in [1.165, 1.54) is 0 Å². The number of benzene rings is 2. The standard InChI is InChI=1S/C25H26N6O2/c32-23(12-9-18-5-2-1-3-6-18)30-15-13-19(14-16-30)25(33)26-21-8-4-7-20(17-21)24-27-28-29-31(24)22-10-11-22/h1-9,12,17,19,22H,10-11,13-16H2,(H,26,33). The molecular weight excluding hydrogens is 416 g/mol. The number of anilines is 1. The average Bonchev–Trinajstić information content (AvgIpc) is 3.59. The Bertz CT molecular complexity index is 1160. The minimum atomic E-state index is -0.118. The maximum Gasteiger partial charge on any atom is 0.246 e. The van der Waals surface area contributed by atoms with E-state index in [0.717, 1.165) is 35.5 Å². The number of tetrazole rings is 1. The van der Waals surface area contributed by atoms with Gasteiger partial charge in [0, 0.05) is 36.3 Å². The molecule has 5 rings (SSSR count). The number of amides is 2. The van der Waals surface area contributed by atoms with Gasteiger partial charge in [-0.1, -0.05) is 42.5 Å². The van der Waals surface area contributed by atoms with Crippen LogP contribution in [-0.4, -0.2) is 50.0 Å². The molecule has 2 aliphatic rings. The van der Waals surface area contributed by atoms with E-state index < -0.39 is 0 Å². The molecule has 1 aromatic heterocycles. The van der Waals surface area contributed by atoms with Gasteiger partial charge in [0.25, 0.3) is 0 Å². The number of aromatic nitrogens is 4. The van der Waals surface area contributed by atoms with Crippen molar-refractivity contribution in [3.8, 4) is 11.4 Å². The molecule has 0 unspecified atom stereocenters. The molecule has 1 N–H and O–H groups in total. The summed E-state index contributed by atoms with van der Waals surface area (Å²) in [6, 6.07) is 17.8. The number of carbonyl (C=O) groups excluding carboxylic acids is 2. The smallest absolute Gasteiger partial charge is 0.246 e. The maximum absolute atomic E-state index is 12.9. The van der Waals surface area contributed by atoms with E-state index in [1.807, 2.05) is 70.3 Å². The summed E-state index contributed by atoms with van der Waals surface area (Å²) < 4.78 is 1.86. The highest BCUT2D eigenvalue weighted by Gasteiger charge is 2.29. The lowest BCUT2D eigenvalue weighted by atomic mass is 9.95. The molecular formula is C25H26N6O2. The molecule has 2 amide bonds. The van der Waals surface area contributed by atoms with Crippen LogP contribution in [0.3, 0.4) is 0 Å². The molecule has 8 nitrogen and oxygen atoms in total. The molecule has 1 aliphatic heterocycles. The third-order valence-corrected chi connectivity index (χ3v) is 6.17. The van der Waals surface area contributed by atoms with Crippen molar-refractivity contribution >= 4 is 23.6 Å². The fourth-order valence-corrected chi connectivity index (χ4v) is 4.13. The van der Waals surface area contributed by atoms with E-state index >= 15 is 0 Å². The normalized spacial score (nSPS) is 16.8. The molecule has 2 aromatic carbocycles. The van der Waals surface area contributed by atoms with Crippen molar-refractivity contribution in [3.05, 3.63) is 66.2 Å². The van der Waals surface area contributed by atoms with Gasteiger partial charge >= 0.3 is 0 Å². The summed E-state index contributed by atoms with van der Waals surface area (Å²) in [6.45, 7) is 1.15. The van der Waals surface area contributed by atoms with E-state index in [2.05, 4.69) is 20.8 Å². The molecule has 0 radical (unpaired) electrons. The summed E-state index contributed by atoms with van der Waals surface area (Å²) in [4.78, 5) is 27.2. The maximum atomic E-state index is 12.9. The number of carbonyl (C=O) groups is 2. The van der Waals surface area contributed by atoms with Crippen LogP contribution in [0.1, 0.15) is 37.3 Å². The number of nitrogens with zero attached hydrogens (tertiary/aromatic N) is 5. The number of likely N-dealkylation sites (tertiary alicyclic amines) is 1. The summed E-state index contributed by atoms with van der Waals surface area (Å²) in [5.41, 5.74) is 2.61. The highest BCUT2D eigenvalue weighted by Crippen LogP contribution is 2.36. The van der Waals surface area contributed by atoms with E-state index in [1.54, 1.807) is 6.08 Å². The van der Waals surface area contributed by atoms with E-state index in [4.69, 9.17) is 0 Å². The molecule has 168 valence electrons. The van der Waals surface area contributed by atoms with Crippen LogP contribution in [0.2, 0.25) is 0 Å². The number of hydrogen-bond donors (Lipinski definition) is 1. The first-order chi connectivity index (χ1) is 16.2. The van der Waals surface area contributed by atoms with Crippen LogP contribution in [0.4, 0.5) is 5.69 Å². The first-order valence-corrected chi connectivity index (χ1v) is 11.4. The molecule has 1 saturated carbocycles. The molecule has 33 heavy (non-hydrogen) atoms. The SMILES string of the molecule is O=C(Nc1cccc(-c2nnnn2C2CC2)c1)C1CCN(C(=O)C=Cc2ccccc2)CC1. The van der Waals surface area contributed by atoms with E-state index in [0.29, 0.717) is 32.0 Å². The summed E-state index contributed by atoms with van der Waals surface area (Å²) in [5.74, 6) is 0.580. The second-order valence-electron chi connectivity index (χ2n) is 8.59. The van der Waals surface area contributed by atoms with Gasteiger partial charge < -0.3 is 10.2 Å². The Morgan fingerprint density at radius 2 is 1.76 bits per heavy atom. The molecule has 3 aromatic rings. The molecule has 1 aliphatic carbocycles. The van der Waals surface area contributed by atoms with Gasteiger partial charge in [-0.25, -0.2) is 4.68 Å². The van der Waals surface area contributed by atoms with Crippen LogP contribution in [0.5, 0.6) is 0 Å². The molecule has 8 heteroatoms. The van der Waals surface area contributed by atoms with Crippen LogP contribution >= 0.6 is 0 Å². The lowest BCUT2D eigenvalue weighted by molar-refractivity contribution is -0.130. The van der Waals surface area contributed by atoms with Crippen molar-refractivity contribution in [2.75, 3.05) is 18.4 Å². The van der Waals surface area contributed by atoms with E-state index in [9.17, 15) is 9.59 Å². The third kappa shape index (κ3) is 5.00. The van der Waals surface area contributed by atoms with Crippen LogP contribution < -0.4 is 5.32 Å². The Labute approximate surface area is 192 Å². The first-order valence-electron chi connectivity index (χ1n) is 11.4. The van der Waals surface area contributed by atoms with Crippen LogP contribution in [-0.2, 0) is 9.59 Å². The van der Waals surface area contributed by atoms with Crippen LogP contribution in [0, 0.1) is 5.92 Å². The minimum Gasteiger partial charge on any atom is -0.339 e. The van der Waals surface area contributed by atoms with Gasteiger partial charge in [-0.3, -0.25) is 9.59 Å². The van der Waals surface area contributed by atoms with Gasteiger partial charge in [-0.15, -0.1) is 5.10 Å². The van der Waals surface area contributed by atoms with Crippen LogP contribution in [0.25, 0.3) is 17.5 Å². The number of piperidine rings is 1. The Morgan fingerprint density at radius 1 is 0.970 bits per heavy atom. The fourth-order valence-electron chi connectivity index (χ4n) is 4.13. The van der Waals surface area contributed by atoms with Gasteiger partial charge in [0.15, 0.2) is 5.82 Å². The third-order valence-electron chi connectivity index (χ3n) is 6.17. The van der Waals surface area contributed by atoms with Crippen LogP contribution in [0.15, 0.2) is 60.7 Å². The predicted molar refractivity (Wildman–Crippen MR) is 125 cm³/mol. The second kappa shape index (κ2) is 9.36. The van der Waals surface area contributed by atoms with Crippen molar-refractivity contribution < 1.29 is 9.59 Å². The summed E-state index contributed by atoms with van der Waals surface area (Å²) in [5, 5.41) is 15.1. The van der Waals surface area contributed by atoms with Gasteiger partial charge in [-0.2, -0.15) is 0 Å². The van der Waals surface area contributed by atoms with Gasteiger partial charge in [0.05, 0.1) is 6.04 Å².